The van der Waals surface area contributed by atoms with Crippen molar-refractivity contribution in [2.24, 2.45) is 5.92 Å². The second-order valence-corrected chi connectivity index (χ2v) is 6.94. The number of aromatic hydroxyl groups is 1. The third-order valence-electron chi connectivity index (χ3n) is 4.49. The van der Waals surface area contributed by atoms with Gasteiger partial charge in [-0.1, -0.05) is 28.8 Å². The van der Waals surface area contributed by atoms with Gasteiger partial charge in [0.2, 0.25) is 0 Å². The van der Waals surface area contributed by atoms with E-state index >= 15 is 0 Å². The van der Waals surface area contributed by atoms with Crippen molar-refractivity contribution in [3.05, 3.63) is 22.2 Å². The Morgan fingerprint density at radius 1 is 1.30 bits per heavy atom. The van der Waals surface area contributed by atoms with E-state index in [1.807, 2.05) is 12.1 Å². The molecule has 23 heavy (non-hydrogen) atoms. The fourth-order valence-corrected chi connectivity index (χ4v) is 3.59. The molecule has 1 aliphatic heterocycles. The van der Waals surface area contributed by atoms with Crippen LogP contribution >= 0.6 is 40.7 Å². The summed E-state index contributed by atoms with van der Waals surface area (Å²) in [4.78, 5) is 2.50. The molecule has 2 N–H and O–H groups in total. The number of nitrogens with zero attached hydrogens (tertiary/aromatic N) is 1. The molecule has 1 saturated carbocycles. The number of benzene rings is 1. The average molecular weight is 428 g/mol. The molecule has 0 radical (unpaired) electrons. The van der Waals surface area contributed by atoms with Gasteiger partial charge in [-0.25, -0.2) is 0 Å². The van der Waals surface area contributed by atoms with Gasteiger partial charge >= 0.3 is 0 Å². The van der Waals surface area contributed by atoms with Crippen LogP contribution in [0.4, 0.5) is 0 Å². The maximum atomic E-state index is 10.6. The molecule has 1 saturated heterocycles. The number of phenols is 1. The monoisotopic (exact) mass is 426 g/mol. The molecule has 1 atom stereocenters. The molecular weight excluding hydrogens is 403 g/mol. The molecule has 1 aromatic carbocycles. The molecule has 4 nitrogen and oxygen atoms in total. The minimum Gasteiger partial charge on any atom is -0.504 e. The van der Waals surface area contributed by atoms with Crippen molar-refractivity contribution in [2.45, 2.75) is 25.3 Å². The first-order valence-electron chi connectivity index (χ1n) is 7.70. The lowest BCUT2D eigenvalue weighted by molar-refractivity contribution is 0.157. The van der Waals surface area contributed by atoms with Gasteiger partial charge in [-0.15, -0.1) is 24.8 Å². The number of hydrogen-bond acceptors (Lipinski definition) is 4. The van der Waals surface area contributed by atoms with Gasteiger partial charge in [-0.2, -0.15) is 0 Å². The van der Waals surface area contributed by atoms with E-state index in [2.05, 4.69) is 26.1 Å². The topological polar surface area (TPSA) is 44.7 Å². The standard InChI is InChI=1S/C16H23BrN2O2.2ClH/c1-21-15-10-12(17)9-13(16(15)20)14(8-11-2-3-11)19-6-4-18-5-7-19;;/h9-11,14,18,20H,2-8H2,1H3;2*1H/t14-;;/m0../s1. The Kier molecular flexibility index (Phi) is 8.45. The zero-order valence-electron chi connectivity index (χ0n) is 13.3. The summed E-state index contributed by atoms with van der Waals surface area (Å²) in [7, 11) is 1.60. The second kappa shape index (κ2) is 9.33. The second-order valence-electron chi connectivity index (χ2n) is 6.03. The predicted molar refractivity (Wildman–Crippen MR) is 101 cm³/mol. The van der Waals surface area contributed by atoms with E-state index in [4.69, 9.17) is 4.74 Å². The normalized spacial score (nSPS) is 19.4. The van der Waals surface area contributed by atoms with E-state index in [0.29, 0.717) is 11.5 Å². The number of rotatable bonds is 5. The lowest BCUT2D eigenvalue weighted by Gasteiger charge is -2.36. The summed E-state index contributed by atoms with van der Waals surface area (Å²) < 4.78 is 6.27. The van der Waals surface area contributed by atoms with Crippen LogP contribution in [0.5, 0.6) is 11.5 Å². The number of ether oxygens (including phenoxy) is 1. The molecule has 0 amide bonds. The minimum atomic E-state index is 0. The minimum absolute atomic E-state index is 0. The van der Waals surface area contributed by atoms with E-state index in [1.165, 1.54) is 12.8 Å². The summed E-state index contributed by atoms with van der Waals surface area (Å²) >= 11 is 3.54. The van der Waals surface area contributed by atoms with Gasteiger partial charge in [-0.05, 0) is 24.5 Å². The Morgan fingerprint density at radius 3 is 2.52 bits per heavy atom. The highest BCUT2D eigenvalue weighted by molar-refractivity contribution is 9.10. The van der Waals surface area contributed by atoms with Gasteiger partial charge in [0.1, 0.15) is 0 Å². The van der Waals surface area contributed by atoms with Crippen molar-refractivity contribution in [3.63, 3.8) is 0 Å². The fourth-order valence-electron chi connectivity index (χ4n) is 3.14. The molecule has 2 aliphatic rings. The van der Waals surface area contributed by atoms with Crippen molar-refractivity contribution in [3.8, 4) is 11.5 Å². The molecular formula is C16H25BrCl2N2O2. The zero-order chi connectivity index (χ0) is 14.8. The molecule has 1 heterocycles. The predicted octanol–water partition coefficient (Wildman–Crippen LogP) is 3.75. The molecule has 3 rings (SSSR count). The van der Waals surface area contributed by atoms with Crippen molar-refractivity contribution in [2.75, 3.05) is 33.3 Å². The molecule has 0 spiro atoms. The number of methoxy groups -OCH3 is 1. The first-order valence-corrected chi connectivity index (χ1v) is 8.49. The average Bonchev–Trinajstić information content (AvgIpc) is 3.32. The van der Waals surface area contributed by atoms with Crippen LogP contribution in [-0.2, 0) is 0 Å². The third kappa shape index (κ3) is 5.13. The molecule has 0 aromatic heterocycles. The fraction of sp³-hybridized carbons (Fsp3) is 0.625. The highest BCUT2D eigenvalue weighted by Crippen LogP contribution is 2.45. The smallest absolute Gasteiger partial charge is 0.162 e. The highest BCUT2D eigenvalue weighted by atomic mass is 79.9. The first kappa shape index (κ1) is 20.8. The van der Waals surface area contributed by atoms with Crippen molar-refractivity contribution < 1.29 is 9.84 Å². The molecule has 2 fully saturated rings. The van der Waals surface area contributed by atoms with Crippen LogP contribution in [-0.4, -0.2) is 43.3 Å². The van der Waals surface area contributed by atoms with Gasteiger partial charge in [-0.3, -0.25) is 4.90 Å². The van der Waals surface area contributed by atoms with Crippen LogP contribution in [0.3, 0.4) is 0 Å². The number of phenolic OH excluding ortho intramolecular Hbond substituents is 1. The quantitative estimate of drug-likeness (QED) is 0.750. The van der Waals surface area contributed by atoms with Crippen molar-refractivity contribution in [1.29, 1.82) is 0 Å². The van der Waals surface area contributed by atoms with Crippen LogP contribution < -0.4 is 10.1 Å². The van der Waals surface area contributed by atoms with E-state index in [1.54, 1.807) is 7.11 Å². The largest absolute Gasteiger partial charge is 0.504 e. The van der Waals surface area contributed by atoms with Crippen LogP contribution in [0, 0.1) is 5.92 Å². The van der Waals surface area contributed by atoms with E-state index in [9.17, 15) is 5.11 Å². The maximum absolute atomic E-state index is 10.6. The number of nitrogens with one attached hydrogen (secondary N) is 1. The van der Waals surface area contributed by atoms with Gasteiger partial charge in [0.15, 0.2) is 11.5 Å². The van der Waals surface area contributed by atoms with Gasteiger partial charge in [0, 0.05) is 42.3 Å². The Hall–Kier alpha value is -0.200. The summed E-state index contributed by atoms with van der Waals surface area (Å²) in [6, 6.07) is 4.16. The molecule has 132 valence electrons. The van der Waals surface area contributed by atoms with E-state index in [-0.39, 0.29) is 30.9 Å². The Bertz CT molecular complexity index is 509. The lowest BCUT2D eigenvalue weighted by Crippen LogP contribution is -2.45. The molecule has 0 bridgehead atoms. The van der Waals surface area contributed by atoms with Gasteiger partial charge in [0.25, 0.3) is 0 Å². The third-order valence-corrected chi connectivity index (χ3v) is 4.95. The van der Waals surface area contributed by atoms with Gasteiger partial charge < -0.3 is 15.2 Å². The summed E-state index contributed by atoms with van der Waals surface area (Å²) in [6.07, 6.45) is 3.79. The van der Waals surface area contributed by atoms with Crippen molar-refractivity contribution in [1.82, 2.24) is 10.2 Å². The van der Waals surface area contributed by atoms with E-state index < -0.39 is 0 Å². The lowest BCUT2D eigenvalue weighted by atomic mass is 9.97. The summed E-state index contributed by atoms with van der Waals surface area (Å²) in [6.45, 7) is 4.11. The summed E-state index contributed by atoms with van der Waals surface area (Å²) in [5.74, 6) is 1.66. The Balaban J connectivity index is 0.00000132. The maximum Gasteiger partial charge on any atom is 0.162 e. The summed E-state index contributed by atoms with van der Waals surface area (Å²) in [5, 5.41) is 14.0. The molecule has 7 heteroatoms. The number of piperazine rings is 1. The SMILES string of the molecule is COc1cc(Br)cc([C@H](CC2CC2)N2CCNCC2)c1O.Cl.Cl. The highest BCUT2D eigenvalue weighted by Gasteiger charge is 2.32. The molecule has 1 aliphatic carbocycles. The molecule has 0 unspecified atom stereocenters. The van der Waals surface area contributed by atoms with Crippen LogP contribution in [0.15, 0.2) is 16.6 Å². The van der Waals surface area contributed by atoms with Crippen molar-refractivity contribution >= 4 is 40.7 Å². The van der Waals surface area contributed by atoms with Crippen LogP contribution in [0.2, 0.25) is 0 Å². The number of halogens is 3. The Labute approximate surface area is 158 Å². The number of hydrogen-bond donors (Lipinski definition) is 2. The van der Waals surface area contributed by atoms with Crippen LogP contribution in [0.25, 0.3) is 0 Å². The van der Waals surface area contributed by atoms with E-state index in [0.717, 1.165) is 48.6 Å². The molecule has 1 aromatic rings. The van der Waals surface area contributed by atoms with Gasteiger partial charge in [0.05, 0.1) is 7.11 Å². The van der Waals surface area contributed by atoms with Crippen LogP contribution in [0.1, 0.15) is 30.9 Å². The first-order chi connectivity index (χ1) is 10.2. The zero-order valence-corrected chi connectivity index (χ0v) is 16.5. The Morgan fingerprint density at radius 2 is 1.96 bits per heavy atom. The summed E-state index contributed by atoms with van der Waals surface area (Å²) in [5.41, 5.74) is 0.995.